The van der Waals surface area contributed by atoms with Crippen molar-refractivity contribution in [1.82, 2.24) is 25.1 Å². The van der Waals surface area contributed by atoms with Crippen molar-refractivity contribution >= 4 is 43.4 Å². The quantitative estimate of drug-likeness (QED) is 0.764. The molecule has 3 rings (SSSR count). The molecule has 0 spiro atoms. The Morgan fingerprint density at radius 3 is 3.11 bits per heavy atom. The Labute approximate surface area is 121 Å². The first-order valence-corrected chi connectivity index (χ1v) is 7.47. The third-order valence-corrected chi connectivity index (χ3v) is 4.39. The maximum absolute atomic E-state index is 4.46. The van der Waals surface area contributed by atoms with Gasteiger partial charge >= 0.3 is 0 Å². The number of aromatic nitrogens is 5. The van der Waals surface area contributed by atoms with Crippen LogP contribution in [0.15, 0.2) is 16.0 Å². The van der Waals surface area contributed by atoms with Crippen LogP contribution in [-0.2, 0) is 13.0 Å². The molecule has 0 aliphatic carbocycles. The summed E-state index contributed by atoms with van der Waals surface area (Å²) in [6, 6.07) is 0. The van der Waals surface area contributed by atoms with E-state index in [1.165, 1.54) is 0 Å². The third-order valence-electron chi connectivity index (χ3n) is 2.58. The van der Waals surface area contributed by atoms with E-state index in [-0.39, 0.29) is 0 Å². The minimum Gasteiger partial charge on any atom is -0.347 e. The number of halogens is 1. The molecule has 2 N–H and O–H groups in total. The van der Waals surface area contributed by atoms with Crippen molar-refractivity contribution in [2.75, 3.05) is 5.32 Å². The number of hydrogen-bond donors (Lipinski definition) is 2. The summed E-state index contributed by atoms with van der Waals surface area (Å²) in [5.74, 6) is 2.18. The Morgan fingerprint density at radius 1 is 1.42 bits per heavy atom. The molecule has 0 aliphatic rings. The van der Waals surface area contributed by atoms with Gasteiger partial charge in [0.15, 0.2) is 5.82 Å². The summed E-state index contributed by atoms with van der Waals surface area (Å²) in [5, 5.41) is 12.1. The molecule has 19 heavy (non-hydrogen) atoms. The van der Waals surface area contributed by atoms with Crippen molar-refractivity contribution in [3.63, 3.8) is 0 Å². The van der Waals surface area contributed by atoms with Crippen LogP contribution in [0.25, 0.3) is 10.2 Å². The second kappa shape index (κ2) is 5.22. The molecule has 0 radical (unpaired) electrons. The highest BCUT2D eigenvalue weighted by Gasteiger charge is 2.06. The van der Waals surface area contributed by atoms with E-state index in [4.69, 9.17) is 0 Å². The Bertz CT molecular complexity index is 706. The number of hydrogen-bond acceptors (Lipinski definition) is 6. The van der Waals surface area contributed by atoms with E-state index in [9.17, 15) is 0 Å². The van der Waals surface area contributed by atoms with Crippen molar-refractivity contribution in [1.29, 1.82) is 0 Å². The van der Waals surface area contributed by atoms with E-state index in [0.717, 1.165) is 32.8 Å². The first-order chi connectivity index (χ1) is 9.26. The highest BCUT2D eigenvalue weighted by molar-refractivity contribution is 9.10. The lowest BCUT2D eigenvalue weighted by molar-refractivity contribution is 0.933. The molecule has 0 saturated heterocycles. The minimum atomic E-state index is 0.528. The number of anilines is 1. The van der Waals surface area contributed by atoms with Gasteiger partial charge in [-0.05, 0) is 15.9 Å². The van der Waals surface area contributed by atoms with Gasteiger partial charge in [0.1, 0.15) is 11.3 Å². The van der Waals surface area contributed by atoms with E-state index >= 15 is 0 Å². The Morgan fingerprint density at radius 2 is 2.32 bits per heavy atom. The molecule has 3 aromatic heterocycles. The van der Waals surface area contributed by atoms with Gasteiger partial charge in [-0.2, -0.15) is 5.10 Å². The molecule has 0 amide bonds. The van der Waals surface area contributed by atoms with Crippen LogP contribution in [0, 0.1) is 0 Å². The second-order valence-corrected chi connectivity index (χ2v) is 5.66. The number of nitrogens with one attached hydrogen (secondary N) is 2. The van der Waals surface area contributed by atoms with Crippen LogP contribution in [0.3, 0.4) is 0 Å². The van der Waals surface area contributed by atoms with Crippen molar-refractivity contribution in [2.45, 2.75) is 19.9 Å². The first-order valence-electron chi connectivity index (χ1n) is 5.80. The molecule has 0 atom stereocenters. The van der Waals surface area contributed by atoms with E-state index in [1.54, 1.807) is 11.3 Å². The summed E-state index contributed by atoms with van der Waals surface area (Å²) in [7, 11) is 0. The molecule has 0 aromatic carbocycles. The van der Waals surface area contributed by atoms with Crippen LogP contribution in [0.4, 0.5) is 5.95 Å². The van der Waals surface area contributed by atoms with Gasteiger partial charge in [-0.15, -0.1) is 11.3 Å². The van der Waals surface area contributed by atoms with Gasteiger partial charge in [0.2, 0.25) is 5.95 Å². The molecule has 3 heterocycles. The number of nitrogens with zero attached hydrogens (tertiary/aromatic N) is 4. The molecule has 8 heteroatoms. The fourth-order valence-electron chi connectivity index (χ4n) is 1.62. The topological polar surface area (TPSA) is 79.4 Å². The highest BCUT2D eigenvalue weighted by Crippen LogP contribution is 2.28. The number of aromatic amines is 1. The highest BCUT2D eigenvalue weighted by atomic mass is 79.9. The molecule has 98 valence electrons. The SMILES string of the molecule is CCc1n[nH]c(CNc2ncc3scc(Br)c3n2)n1. The van der Waals surface area contributed by atoms with Gasteiger partial charge in [-0.1, -0.05) is 6.92 Å². The van der Waals surface area contributed by atoms with Crippen molar-refractivity contribution in [3.8, 4) is 0 Å². The maximum atomic E-state index is 4.46. The fraction of sp³-hybridized carbons (Fsp3) is 0.273. The lowest BCUT2D eigenvalue weighted by Gasteiger charge is -2.01. The van der Waals surface area contributed by atoms with E-state index < -0.39 is 0 Å². The minimum absolute atomic E-state index is 0.528. The molecule has 0 aliphatic heterocycles. The normalized spacial score (nSPS) is 11.1. The molecule has 0 unspecified atom stereocenters. The first kappa shape index (κ1) is 12.5. The van der Waals surface area contributed by atoms with Crippen LogP contribution in [0.1, 0.15) is 18.6 Å². The van der Waals surface area contributed by atoms with Crippen LogP contribution in [0.2, 0.25) is 0 Å². The molecular formula is C11H11BrN6S. The van der Waals surface area contributed by atoms with Crippen molar-refractivity contribution in [3.05, 3.63) is 27.7 Å². The molecule has 0 fully saturated rings. The van der Waals surface area contributed by atoms with Crippen LogP contribution < -0.4 is 5.32 Å². The van der Waals surface area contributed by atoms with Gasteiger partial charge < -0.3 is 5.32 Å². The largest absolute Gasteiger partial charge is 0.347 e. The van der Waals surface area contributed by atoms with Crippen molar-refractivity contribution in [2.24, 2.45) is 0 Å². The van der Waals surface area contributed by atoms with Crippen LogP contribution in [-0.4, -0.2) is 25.1 Å². The van der Waals surface area contributed by atoms with Crippen LogP contribution in [0.5, 0.6) is 0 Å². The van der Waals surface area contributed by atoms with Gasteiger partial charge in [0.25, 0.3) is 0 Å². The standard InChI is InChI=1S/C11H11BrN6S/c1-2-8-15-9(18-17-8)4-14-11-13-3-7-10(16-11)6(12)5-19-7/h3,5H,2,4H2,1H3,(H,13,14,16)(H,15,17,18). The number of fused-ring (bicyclic) bond motifs is 1. The summed E-state index contributed by atoms with van der Waals surface area (Å²) in [6.45, 7) is 2.55. The Kier molecular flexibility index (Phi) is 3.43. The monoisotopic (exact) mass is 338 g/mol. The van der Waals surface area contributed by atoms with E-state index in [1.807, 2.05) is 18.5 Å². The van der Waals surface area contributed by atoms with Crippen molar-refractivity contribution < 1.29 is 0 Å². The van der Waals surface area contributed by atoms with Gasteiger partial charge in [0.05, 0.1) is 21.9 Å². The Hall–Kier alpha value is -1.54. The number of rotatable bonds is 4. The smallest absolute Gasteiger partial charge is 0.223 e. The zero-order valence-electron chi connectivity index (χ0n) is 10.1. The fourth-order valence-corrected chi connectivity index (χ4v) is 3.06. The lowest BCUT2D eigenvalue weighted by Crippen LogP contribution is -2.04. The zero-order valence-corrected chi connectivity index (χ0v) is 12.5. The number of thiophene rings is 1. The van der Waals surface area contributed by atoms with Gasteiger partial charge in [-0.3, -0.25) is 5.10 Å². The van der Waals surface area contributed by atoms with Gasteiger partial charge in [0, 0.05) is 11.8 Å². The Balaban J connectivity index is 1.75. The molecule has 0 bridgehead atoms. The summed E-state index contributed by atoms with van der Waals surface area (Å²) >= 11 is 5.09. The van der Waals surface area contributed by atoms with Gasteiger partial charge in [-0.25, -0.2) is 15.0 Å². The second-order valence-electron chi connectivity index (χ2n) is 3.90. The molecule has 0 saturated carbocycles. The number of aryl methyl sites for hydroxylation is 1. The molecule has 6 nitrogen and oxygen atoms in total. The van der Waals surface area contributed by atoms with E-state index in [2.05, 4.69) is 46.4 Å². The summed E-state index contributed by atoms with van der Waals surface area (Å²) in [4.78, 5) is 13.0. The average Bonchev–Trinajstić information content (AvgIpc) is 3.04. The predicted molar refractivity (Wildman–Crippen MR) is 78.2 cm³/mol. The van der Waals surface area contributed by atoms with Crippen LogP contribution >= 0.6 is 27.3 Å². The summed E-state index contributed by atoms with van der Waals surface area (Å²) in [6.07, 6.45) is 2.64. The average molecular weight is 339 g/mol. The summed E-state index contributed by atoms with van der Waals surface area (Å²) in [5.41, 5.74) is 0.925. The summed E-state index contributed by atoms with van der Waals surface area (Å²) < 4.78 is 2.05. The predicted octanol–water partition coefficient (Wildman–Crippen LogP) is 2.75. The third kappa shape index (κ3) is 2.59. The number of H-pyrrole nitrogens is 1. The zero-order chi connectivity index (χ0) is 13.2. The van der Waals surface area contributed by atoms with E-state index in [0.29, 0.717) is 12.5 Å². The molecular weight excluding hydrogens is 328 g/mol. The lowest BCUT2D eigenvalue weighted by atomic mass is 10.5. The molecule has 3 aromatic rings. The maximum Gasteiger partial charge on any atom is 0.223 e.